The van der Waals surface area contributed by atoms with Crippen LogP contribution in [0.4, 0.5) is 0 Å². The molecule has 0 aliphatic heterocycles. The van der Waals surface area contributed by atoms with E-state index in [4.69, 9.17) is 0 Å². The molecule has 0 saturated carbocycles. The summed E-state index contributed by atoms with van der Waals surface area (Å²) in [6, 6.07) is 1.28. The van der Waals surface area contributed by atoms with Crippen LogP contribution in [-0.4, -0.2) is 58.6 Å². The molecule has 0 bridgehead atoms. The van der Waals surface area contributed by atoms with Gasteiger partial charge in [-0.15, -0.1) is 0 Å². The standard InChI is InChI=1S/C14H24N4O2/c1-9(2)11-8-12(18(7)15-11)14(20)17(6)10(3)13(19)16(4)5/h8-10H,1-7H3/t10-/m0/s1. The van der Waals surface area contributed by atoms with Crippen molar-refractivity contribution in [3.05, 3.63) is 17.5 Å². The number of hydrogen-bond donors (Lipinski definition) is 0. The summed E-state index contributed by atoms with van der Waals surface area (Å²) in [5.41, 5.74) is 1.37. The molecule has 20 heavy (non-hydrogen) atoms. The molecular weight excluding hydrogens is 256 g/mol. The summed E-state index contributed by atoms with van der Waals surface area (Å²) < 4.78 is 1.57. The number of aromatic nitrogens is 2. The predicted octanol–water partition coefficient (Wildman–Crippen LogP) is 1.09. The molecule has 1 aromatic rings. The molecule has 1 atom stereocenters. The van der Waals surface area contributed by atoms with Crippen molar-refractivity contribution in [2.24, 2.45) is 7.05 Å². The van der Waals surface area contributed by atoms with Gasteiger partial charge in [-0.2, -0.15) is 5.10 Å². The number of hydrogen-bond acceptors (Lipinski definition) is 3. The lowest BCUT2D eigenvalue weighted by Crippen LogP contribution is -2.45. The normalized spacial score (nSPS) is 12.4. The van der Waals surface area contributed by atoms with Gasteiger partial charge in [-0.25, -0.2) is 0 Å². The summed E-state index contributed by atoms with van der Waals surface area (Å²) in [5.74, 6) is -0.0458. The first-order valence-electron chi connectivity index (χ1n) is 6.69. The van der Waals surface area contributed by atoms with Gasteiger partial charge in [-0.3, -0.25) is 14.3 Å². The number of nitrogens with zero attached hydrogens (tertiary/aromatic N) is 4. The zero-order chi connectivity index (χ0) is 15.6. The summed E-state index contributed by atoms with van der Waals surface area (Å²) in [6.07, 6.45) is 0. The molecular formula is C14H24N4O2. The number of aryl methyl sites for hydroxylation is 1. The Labute approximate surface area is 120 Å². The molecule has 2 amide bonds. The third-order valence-electron chi connectivity index (χ3n) is 3.41. The fourth-order valence-corrected chi connectivity index (χ4v) is 1.87. The summed E-state index contributed by atoms with van der Waals surface area (Å²) >= 11 is 0. The van der Waals surface area contributed by atoms with Gasteiger partial charge in [0.15, 0.2) is 0 Å². The van der Waals surface area contributed by atoms with Gasteiger partial charge < -0.3 is 9.80 Å². The third kappa shape index (κ3) is 3.18. The summed E-state index contributed by atoms with van der Waals surface area (Å²) in [4.78, 5) is 27.3. The zero-order valence-corrected chi connectivity index (χ0v) is 13.3. The second-order valence-corrected chi connectivity index (χ2v) is 5.56. The van der Waals surface area contributed by atoms with Crippen LogP contribution >= 0.6 is 0 Å². The first-order chi connectivity index (χ1) is 9.16. The van der Waals surface area contributed by atoms with Crippen molar-refractivity contribution in [2.75, 3.05) is 21.1 Å². The van der Waals surface area contributed by atoms with Crippen molar-refractivity contribution >= 4 is 11.8 Å². The lowest BCUT2D eigenvalue weighted by atomic mass is 10.1. The van der Waals surface area contributed by atoms with Crippen molar-refractivity contribution in [2.45, 2.75) is 32.7 Å². The van der Waals surface area contributed by atoms with Crippen molar-refractivity contribution in [3.63, 3.8) is 0 Å². The Morgan fingerprint density at radius 1 is 1.20 bits per heavy atom. The smallest absolute Gasteiger partial charge is 0.272 e. The molecule has 1 aromatic heterocycles. The van der Waals surface area contributed by atoms with E-state index in [9.17, 15) is 9.59 Å². The van der Waals surface area contributed by atoms with E-state index in [1.165, 1.54) is 9.80 Å². The van der Waals surface area contributed by atoms with Crippen LogP contribution in [-0.2, 0) is 11.8 Å². The number of likely N-dealkylation sites (N-methyl/N-ethyl adjacent to an activating group) is 2. The third-order valence-corrected chi connectivity index (χ3v) is 3.41. The molecule has 0 N–H and O–H groups in total. The maximum absolute atomic E-state index is 12.5. The van der Waals surface area contributed by atoms with Crippen LogP contribution in [0.2, 0.25) is 0 Å². The fraction of sp³-hybridized carbons (Fsp3) is 0.643. The largest absolute Gasteiger partial charge is 0.347 e. The van der Waals surface area contributed by atoms with Gasteiger partial charge in [0.25, 0.3) is 5.91 Å². The summed E-state index contributed by atoms with van der Waals surface area (Å²) in [6.45, 7) is 5.77. The Balaban J connectivity index is 2.97. The maximum Gasteiger partial charge on any atom is 0.272 e. The van der Waals surface area contributed by atoms with Gasteiger partial charge in [0.1, 0.15) is 11.7 Å². The van der Waals surface area contributed by atoms with Crippen LogP contribution < -0.4 is 0 Å². The van der Waals surface area contributed by atoms with Crippen molar-refractivity contribution in [1.82, 2.24) is 19.6 Å². The molecule has 0 saturated heterocycles. The molecule has 0 radical (unpaired) electrons. The Bertz CT molecular complexity index is 505. The van der Waals surface area contributed by atoms with E-state index in [1.807, 2.05) is 13.8 Å². The number of carbonyl (C=O) groups is 2. The monoisotopic (exact) mass is 280 g/mol. The predicted molar refractivity (Wildman–Crippen MR) is 77.5 cm³/mol. The number of carbonyl (C=O) groups excluding carboxylic acids is 2. The van der Waals surface area contributed by atoms with Gasteiger partial charge in [0.05, 0.1) is 5.69 Å². The van der Waals surface area contributed by atoms with Crippen molar-refractivity contribution in [1.29, 1.82) is 0 Å². The zero-order valence-electron chi connectivity index (χ0n) is 13.3. The Hall–Kier alpha value is -1.85. The highest BCUT2D eigenvalue weighted by atomic mass is 16.2. The first kappa shape index (κ1) is 16.2. The van der Waals surface area contributed by atoms with Gasteiger partial charge in [-0.1, -0.05) is 13.8 Å². The van der Waals surface area contributed by atoms with Gasteiger partial charge in [0, 0.05) is 28.2 Å². The topological polar surface area (TPSA) is 58.4 Å². The van der Waals surface area contributed by atoms with Crippen molar-refractivity contribution in [3.8, 4) is 0 Å². The molecule has 6 heteroatoms. The van der Waals surface area contributed by atoms with E-state index < -0.39 is 6.04 Å². The minimum absolute atomic E-state index is 0.105. The van der Waals surface area contributed by atoms with Gasteiger partial charge >= 0.3 is 0 Å². The molecule has 0 unspecified atom stereocenters. The molecule has 0 fully saturated rings. The average Bonchev–Trinajstić information content (AvgIpc) is 2.77. The Morgan fingerprint density at radius 2 is 1.75 bits per heavy atom. The quantitative estimate of drug-likeness (QED) is 0.829. The minimum atomic E-state index is -0.505. The first-order valence-corrected chi connectivity index (χ1v) is 6.69. The molecule has 0 aliphatic carbocycles. The molecule has 0 aromatic carbocycles. The molecule has 1 rings (SSSR count). The molecule has 6 nitrogen and oxygen atoms in total. The van der Waals surface area contributed by atoms with Crippen LogP contribution in [0.5, 0.6) is 0 Å². The van der Waals surface area contributed by atoms with E-state index in [1.54, 1.807) is 45.9 Å². The van der Waals surface area contributed by atoms with E-state index in [0.29, 0.717) is 5.69 Å². The van der Waals surface area contributed by atoms with Crippen molar-refractivity contribution < 1.29 is 9.59 Å². The molecule has 112 valence electrons. The van der Waals surface area contributed by atoms with E-state index in [0.717, 1.165) is 5.69 Å². The van der Waals surface area contributed by atoms with E-state index in [2.05, 4.69) is 5.10 Å². The number of amides is 2. The van der Waals surface area contributed by atoms with Crippen LogP contribution in [0.3, 0.4) is 0 Å². The minimum Gasteiger partial charge on any atom is -0.347 e. The van der Waals surface area contributed by atoms with Crippen LogP contribution in [0.15, 0.2) is 6.07 Å². The summed E-state index contributed by atoms with van der Waals surface area (Å²) in [5, 5.41) is 4.33. The van der Waals surface area contributed by atoms with Gasteiger partial charge in [0.2, 0.25) is 5.91 Å². The Kier molecular flexibility index (Phi) is 4.92. The summed E-state index contributed by atoms with van der Waals surface area (Å²) in [7, 11) is 6.73. The number of rotatable bonds is 4. The Morgan fingerprint density at radius 3 is 2.15 bits per heavy atom. The second kappa shape index (κ2) is 6.07. The fourth-order valence-electron chi connectivity index (χ4n) is 1.87. The van der Waals surface area contributed by atoms with E-state index >= 15 is 0 Å². The van der Waals surface area contributed by atoms with E-state index in [-0.39, 0.29) is 17.7 Å². The SMILES string of the molecule is CC(C)c1cc(C(=O)N(C)[C@@H](C)C(=O)N(C)C)n(C)n1. The molecule has 1 heterocycles. The van der Waals surface area contributed by atoms with Gasteiger partial charge in [-0.05, 0) is 18.9 Å². The lowest BCUT2D eigenvalue weighted by Gasteiger charge is -2.26. The second-order valence-electron chi connectivity index (χ2n) is 5.56. The highest BCUT2D eigenvalue weighted by Gasteiger charge is 2.26. The molecule has 0 spiro atoms. The molecule has 0 aliphatic rings. The highest BCUT2D eigenvalue weighted by molar-refractivity contribution is 5.96. The maximum atomic E-state index is 12.5. The van der Waals surface area contributed by atoms with Crippen LogP contribution in [0, 0.1) is 0 Å². The van der Waals surface area contributed by atoms with Crippen LogP contribution in [0.1, 0.15) is 42.9 Å². The van der Waals surface area contributed by atoms with Crippen LogP contribution in [0.25, 0.3) is 0 Å². The average molecular weight is 280 g/mol. The lowest BCUT2D eigenvalue weighted by molar-refractivity contribution is -0.132. The highest BCUT2D eigenvalue weighted by Crippen LogP contribution is 2.15.